The maximum atomic E-state index is 12.4. The van der Waals surface area contributed by atoms with Gasteiger partial charge in [0.25, 0.3) is 5.91 Å². The van der Waals surface area contributed by atoms with E-state index in [4.69, 9.17) is 20.8 Å². The SMILES string of the molecule is COc1ccc(Cl)cc1C(=O)NCc1nccnc1-c1ccco1. The summed E-state index contributed by atoms with van der Waals surface area (Å²) in [6, 6.07) is 8.42. The predicted molar refractivity (Wildman–Crippen MR) is 88.9 cm³/mol. The monoisotopic (exact) mass is 343 g/mol. The van der Waals surface area contributed by atoms with Crippen molar-refractivity contribution >= 4 is 17.5 Å². The molecule has 0 bridgehead atoms. The molecule has 2 aromatic heterocycles. The van der Waals surface area contributed by atoms with E-state index in [0.717, 1.165) is 0 Å². The molecule has 7 heteroatoms. The fourth-order valence-electron chi connectivity index (χ4n) is 2.23. The normalized spacial score (nSPS) is 10.4. The standard InChI is InChI=1S/C17H14ClN3O3/c1-23-14-5-4-11(18)9-12(14)17(22)21-10-13-16(20-7-6-19-13)15-3-2-8-24-15/h2-9H,10H2,1H3,(H,21,22). The Bertz CT molecular complexity index is 850. The Morgan fingerprint density at radius 3 is 2.88 bits per heavy atom. The fraction of sp³-hybridized carbons (Fsp3) is 0.118. The number of benzene rings is 1. The van der Waals surface area contributed by atoms with Crippen molar-refractivity contribution in [1.82, 2.24) is 15.3 Å². The minimum atomic E-state index is -0.314. The van der Waals surface area contributed by atoms with Crippen LogP contribution in [0.5, 0.6) is 5.75 Å². The average molecular weight is 344 g/mol. The molecule has 3 aromatic rings. The van der Waals surface area contributed by atoms with Gasteiger partial charge < -0.3 is 14.5 Å². The molecule has 0 radical (unpaired) electrons. The molecule has 0 aliphatic carbocycles. The molecule has 6 nitrogen and oxygen atoms in total. The fourth-order valence-corrected chi connectivity index (χ4v) is 2.40. The second kappa shape index (κ2) is 7.14. The smallest absolute Gasteiger partial charge is 0.255 e. The van der Waals surface area contributed by atoms with Gasteiger partial charge in [-0.25, -0.2) is 4.98 Å². The molecule has 122 valence electrons. The Morgan fingerprint density at radius 1 is 1.29 bits per heavy atom. The van der Waals surface area contributed by atoms with E-state index in [9.17, 15) is 4.79 Å². The van der Waals surface area contributed by atoms with Gasteiger partial charge in [0, 0.05) is 17.4 Å². The number of hydrogen-bond acceptors (Lipinski definition) is 5. The first kappa shape index (κ1) is 16.0. The maximum absolute atomic E-state index is 12.4. The van der Waals surface area contributed by atoms with Crippen molar-refractivity contribution in [3.8, 4) is 17.2 Å². The number of furan rings is 1. The molecule has 0 fully saturated rings. The zero-order valence-electron chi connectivity index (χ0n) is 12.8. The van der Waals surface area contributed by atoms with Gasteiger partial charge in [0.1, 0.15) is 11.4 Å². The number of amides is 1. The Balaban J connectivity index is 1.80. The van der Waals surface area contributed by atoms with Crippen molar-refractivity contribution in [2.24, 2.45) is 0 Å². The molecule has 0 aliphatic rings. The van der Waals surface area contributed by atoms with Gasteiger partial charge in [-0.1, -0.05) is 11.6 Å². The molecule has 0 unspecified atom stereocenters. The van der Waals surface area contributed by atoms with E-state index >= 15 is 0 Å². The summed E-state index contributed by atoms with van der Waals surface area (Å²) in [6.07, 6.45) is 4.69. The number of nitrogens with one attached hydrogen (secondary N) is 1. The molecule has 0 aliphatic heterocycles. The van der Waals surface area contributed by atoms with Crippen LogP contribution in [0.4, 0.5) is 0 Å². The first-order valence-corrected chi connectivity index (χ1v) is 7.52. The molecule has 2 heterocycles. The van der Waals surface area contributed by atoms with Crippen molar-refractivity contribution in [3.63, 3.8) is 0 Å². The highest BCUT2D eigenvalue weighted by Gasteiger charge is 2.15. The maximum Gasteiger partial charge on any atom is 0.255 e. The molecule has 1 N–H and O–H groups in total. The minimum absolute atomic E-state index is 0.193. The van der Waals surface area contributed by atoms with Crippen LogP contribution in [0, 0.1) is 0 Å². The number of ether oxygens (including phenoxy) is 1. The molecular formula is C17H14ClN3O3. The van der Waals surface area contributed by atoms with Gasteiger partial charge in [-0.2, -0.15) is 0 Å². The number of carbonyl (C=O) groups excluding carboxylic acids is 1. The second-order valence-corrected chi connectivity index (χ2v) is 5.29. The van der Waals surface area contributed by atoms with E-state index in [2.05, 4.69) is 15.3 Å². The highest BCUT2D eigenvalue weighted by atomic mass is 35.5. The van der Waals surface area contributed by atoms with Crippen molar-refractivity contribution < 1.29 is 13.9 Å². The number of rotatable bonds is 5. The Labute approximate surface area is 143 Å². The van der Waals surface area contributed by atoms with Gasteiger partial charge in [-0.05, 0) is 30.3 Å². The summed E-state index contributed by atoms with van der Waals surface area (Å²) in [6.45, 7) is 0.193. The highest BCUT2D eigenvalue weighted by molar-refractivity contribution is 6.31. The van der Waals surface area contributed by atoms with E-state index in [1.165, 1.54) is 7.11 Å². The Hall–Kier alpha value is -2.86. The first-order valence-electron chi connectivity index (χ1n) is 7.14. The van der Waals surface area contributed by atoms with Crippen LogP contribution in [-0.4, -0.2) is 23.0 Å². The lowest BCUT2D eigenvalue weighted by Gasteiger charge is -2.10. The summed E-state index contributed by atoms with van der Waals surface area (Å²) in [5, 5.41) is 3.25. The van der Waals surface area contributed by atoms with Crippen LogP contribution in [0.15, 0.2) is 53.4 Å². The van der Waals surface area contributed by atoms with E-state index in [0.29, 0.717) is 33.5 Å². The summed E-state index contributed by atoms with van der Waals surface area (Å²) in [5.41, 5.74) is 1.54. The summed E-state index contributed by atoms with van der Waals surface area (Å²) in [4.78, 5) is 21.0. The number of halogens is 1. The van der Waals surface area contributed by atoms with Gasteiger partial charge in [0.05, 0.1) is 31.2 Å². The van der Waals surface area contributed by atoms with Crippen molar-refractivity contribution in [2.75, 3.05) is 7.11 Å². The van der Waals surface area contributed by atoms with Crippen LogP contribution < -0.4 is 10.1 Å². The zero-order chi connectivity index (χ0) is 16.9. The van der Waals surface area contributed by atoms with Crippen molar-refractivity contribution in [2.45, 2.75) is 6.54 Å². The molecule has 0 saturated carbocycles. The molecular weight excluding hydrogens is 330 g/mol. The van der Waals surface area contributed by atoms with Gasteiger partial charge in [0.2, 0.25) is 0 Å². The Morgan fingerprint density at radius 2 is 2.12 bits per heavy atom. The van der Waals surface area contributed by atoms with Crippen molar-refractivity contribution in [1.29, 1.82) is 0 Å². The summed E-state index contributed by atoms with van der Waals surface area (Å²) in [7, 11) is 1.50. The molecule has 24 heavy (non-hydrogen) atoms. The van der Waals surface area contributed by atoms with Crippen LogP contribution in [0.25, 0.3) is 11.5 Å². The molecule has 0 atom stereocenters. The highest BCUT2D eigenvalue weighted by Crippen LogP contribution is 2.23. The summed E-state index contributed by atoms with van der Waals surface area (Å²) < 4.78 is 10.5. The molecule has 0 spiro atoms. The van der Waals surface area contributed by atoms with E-state index < -0.39 is 0 Å². The number of aromatic nitrogens is 2. The number of nitrogens with zero attached hydrogens (tertiary/aromatic N) is 2. The topological polar surface area (TPSA) is 77.2 Å². The quantitative estimate of drug-likeness (QED) is 0.768. The van der Waals surface area contributed by atoms with Crippen LogP contribution in [0.1, 0.15) is 16.1 Å². The second-order valence-electron chi connectivity index (χ2n) is 4.86. The van der Waals surface area contributed by atoms with E-state index in [1.54, 1.807) is 49.0 Å². The van der Waals surface area contributed by atoms with Crippen molar-refractivity contribution in [3.05, 3.63) is 65.3 Å². The Kier molecular flexibility index (Phi) is 4.77. The number of hydrogen-bond donors (Lipinski definition) is 1. The lowest BCUT2D eigenvalue weighted by atomic mass is 10.1. The van der Waals surface area contributed by atoms with Crippen LogP contribution >= 0.6 is 11.6 Å². The third-order valence-electron chi connectivity index (χ3n) is 3.35. The predicted octanol–water partition coefficient (Wildman–Crippen LogP) is 3.33. The lowest BCUT2D eigenvalue weighted by molar-refractivity contribution is 0.0947. The van der Waals surface area contributed by atoms with E-state index in [-0.39, 0.29) is 12.5 Å². The van der Waals surface area contributed by atoms with E-state index in [1.807, 2.05) is 0 Å². The molecule has 3 rings (SSSR count). The third kappa shape index (κ3) is 3.38. The zero-order valence-corrected chi connectivity index (χ0v) is 13.6. The average Bonchev–Trinajstić information content (AvgIpc) is 3.14. The first-order chi connectivity index (χ1) is 11.7. The molecule has 0 saturated heterocycles. The third-order valence-corrected chi connectivity index (χ3v) is 3.59. The number of carbonyl (C=O) groups is 1. The largest absolute Gasteiger partial charge is 0.496 e. The van der Waals surface area contributed by atoms with Gasteiger partial charge >= 0.3 is 0 Å². The van der Waals surface area contributed by atoms with Gasteiger partial charge in [-0.15, -0.1) is 0 Å². The van der Waals surface area contributed by atoms with Crippen LogP contribution in [0.3, 0.4) is 0 Å². The summed E-state index contributed by atoms with van der Waals surface area (Å²) >= 11 is 5.96. The van der Waals surface area contributed by atoms with Crippen LogP contribution in [-0.2, 0) is 6.54 Å². The van der Waals surface area contributed by atoms with Gasteiger partial charge in [-0.3, -0.25) is 9.78 Å². The molecule has 1 amide bonds. The number of methoxy groups -OCH3 is 1. The lowest BCUT2D eigenvalue weighted by Crippen LogP contribution is -2.24. The van der Waals surface area contributed by atoms with Crippen LogP contribution in [0.2, 0.25) is 5.02 Å². The summed E-state index contributed by atoms with van der Waals surface area (Å²) in [5.74, 6) is 0.723. The molecule has 1 aromatic carbocycles. The van der Waals surface area contributed by atoms with Gasteiger partial charge in [0.15, 0.2) is 5.76 Å². The minimum Gasteiger partial charge on any atom is -0.496 e.